The van der Waals surface area contributed by atoms with E-state index in [1.54, 1.807) is 0 Å². The van der Waals surface area contributed by atoms with Gasteiger partial charge in [0.25, 0.3) is 0 Å². The van der Waals surface area contributed by atoms with E-state index in [1.807, 2.05) is 0 Å². The summed E-state index contributed by atoms with van der Waals surface area (Å²) < 4.78 is 0. The van der Waals surface area contributed by atoms with Crippen LogP contribution in [-0.4, -0.2) is 22.4 Å². The number of benzene rings is 12. The Morgan fingerprint density at radius 1 is 0.250 bits per heavy atom. The van der Waals surface area contributed by atoms with Crippen molar-refractivity contribution in [2.24, 2.45) is 0 Å². The van der Waals surface area contributed by atoms with Gasteiger partial charge >= 0.3 is 0 Å². The number of aryl methyl sites for hydroxylation is 4. The summed E-state index contributed by atoms with van der Waals surface area (Å²) in [7, 11) is 0. The highest BCUT2D eigenvalue weighted by atomic mass is 16.3. The minimum absolute atomic E-state index is 0.511. The van der Waals surface area contributed by atoms with Crippen LogP contribution in [0.15, 0.2) is 267 Å². The van der Waals surface area contributed by atoms with Gasteiger partial charge in [0.2, 0.25) is 0 Å². The highest BCUT2D eigenvalue weighted by Crippen LogP contribution is 2.54. The van der Waals surface area contributed by atoms with Crippen molar-refractivity contribution >= 4 is 55.7 Å². The fourth-order valence-electron chi connectivity index (χ4n) is 12.6. The fraction of sp³-hybridized carbons (Fsp3) is 0.105. The summed E-state index contributed by atoms with van der Waals surface area (Å²) in [6.07, 6.45) is -1.68. The zero-order valence-corrected chi connectivity index (χ0v) is 45.5. The largest absolute Gasteiger partial charge is 0.392 e. The van der Waals surface area contributed by atoms with Gasteiger partial charge in [-0.2, -0.15) is 0 Å². The number of fused-ring (bicyclic) bond motifs is 2. The predicted molar refractivity (Wildman–Crippen MR) is 335 cm³/mol. The molecule has 1 aliphatic carbocycles. The van der Waals surface area contributed by atoms with Crippen molar-refractivity contribution < 1.29 is 10.2 Å². The summed E-state index contributed by atoms with van der Waals surface area (Å²) in [5.74, 6) is -1.02. The molecule has 0 aromatic heterocycles. The van der Waals surface area contributed by atoms with Crippen molar-refractivity contribution in [2.45, 2.75) is 51.7 Å². The molecule has 0 spiro atoms. The molecule has 2 N–H and O–H groups in total. The zero-order chi connectivity index (χ0) is 54.4. The predicted octanol–water partition coefficient (Wildman–Crippen LogP) is 19.4. The molecule has 0 saturated heterocycles. The molecule has 13 rings (SSSR count). The van der Waals surface area contributed by atoms with E-state index in [9.17, 15) is 10.2 Å². The van der Waals surface area contributed by atoms with Crippen LogP contribution in [0.25, 0.3) is 66.1 Å². The van der Waals surface area contributed by atoms with E-state index in [-0.39, 0.29) is 0 Å². The van der Waals surface area contributed by atoms with Crippen LogP contribution >= 0.6 is 0 Å². The van der Waals surface area contributed by atoms with Crippen molar-refractivity contribution in [3.8, 4) is 44.5 Å². The van der Waals surface area contributed by atoms with Crippen LogP contribution in [0.2, 0.25) is 0 Å². The first-order valence-electron chi connectivity index (χ1n) is 27.8. The third-order valence-corrected chi connectivity index (χ3v) is 16.9. The topological polar surface area (TPSA) is 46.9 Å². The Bertz CT molecular complexity index is 3760. The summed E-state index contributed by atoms with van der Waals surface area (Å²) in [4.78, 5) is 4.67. The molecular formula is C76H62N2O2. The normalized spacial score (nSPS) is 15.9. The van der Waals surface area contributed by atoms with Gasteiger partial charge in [-0.25, -0.2) is 0 Å². The number of anilines is 6. The Morgan fingerprint density at radius 2 is 0.487 bits per heavy atom. The van der Waals surface area contributed by atoms with Crippen LogP contribution in [0.4, 0.5) is 34.1 Å². The summed E-state index contributed by atoms with van der Waals surface area (Å²) >= 11 is 0. The first kappa shape index (κ1) is 50.2. The van der Waals surface area contributed by atoms with Crippen LogP contribution < -0.4 is 9.80 Å². The maximum absolute atomic E-state index is 12.6. The molecule has 0 radical (unpaired) electrons. The van der Waals surface area contributed by atoms with Crippen LogP contribution in [-0.2, 0) is 0 Å². The minimum Gasteiger partial charge on any atom is -0.392 e. The van der Waals surface area contributed by atoms with Gasteiger partial charge in [-0.1, -0.05) is 206 Å². The molecule has 0 aliphatic heterocycles. The summed E-state index contributed by atoms with van der Waals surface area (Å²) in [5.41, 5.74) is 22.4. The third kappa shape index (κ3) is 9.03. The molecule has 12 aromatic carbocycles. The lowest BCUT2D eigenvalue weighted by Gasteiger charge is -2.48. The molecule has 80 heavy (non-hydrogen) atoms. The van der Waals surface area contributed by atoms with Crippen LogP contribution in [0.1, 0.15) is 45.2 Å². The maximum atomic E-state index is 12.6. The molecule has 1 aliphatic rings. The molecule has 0 unspecified atom stereocenters. The quantitative estimate of drug-likeness (QED) is 0.128. The Kier molecular flexibility index (Phi) is 13.3. The van der Waals surface area contributed by atoms with Gasteiger partial charge in [-0.3, -0.25) is 0 Å². The number of hydrogen-bond donors (Lipinski definition) is 2. The Hall–Kier alpha value is -9.32. The second kappa shape index (κ2) is 21.1. The molecule has 0 heterocycles. The summed E-state index contributed by atoms with van der Waals surface area (Å²) in [6, 6.07) is 95.0. The van der Waals surface area contributed by atoms with Gasteiger partial charge < -0.3 is 20.0 Å². The number of nitrogens with zero attached hydrogens (tertiary/aromatic N) is 2. The van der Waals surface area contributed by atoms with Crippen LogP contribution in [0, 0.1) is 27.7 Å². The van der Waals surface area contributed by atoms with E-state index in [1.165, 1.54) is 44.5 Å². The average molecular weight is 1040 g/mol. The SMILES string of the molecule is Cc1ccccc1-c1ccc(N(c2ccc(-c3ccccc3C)cc2)c2ccc(C3C(O)C(c4ccc(N(c5ccc(-c6ccccc6C)cc5)c5ccc(-c6ccccc6C)cc5)c5ccccc45)C3O)c3ccccc23)cc1. The van der Waals surface area contributed by atoms with E-state index in [0.717, 1.165) is 89.0 Å². The molecular weight excluding hydrogens is 973 g/mol. The number of rotatable bonds is 12. The van der Waals surface area contributed by atoms with E-state index in [2.05, 4.69) is 304 Å². The van der Waals surface area contributed by atoms with Crippen molar-refractivity contribution in [2.75, 3.05) is 9.80 Å². The maximum Gasteiger partial charge on any atom is 0.0727 e. The molecule has 388 valence electrons. The van der Waals surface area contributed by atoms with Crippen LogP contribution in [0.3, 0.4) is 0 Å². The lowest BCUT2D eigenvalue weighted by Crippen LogP contribution is -2.51. The molecule has 0 amide bonds. The number of aliphatic hydroxyl groups excluding tert-OH is 2. The second-order valence-corrected chi connectivity index (χ2v) is 21.6. The third-order valence-electron chi connectivity index (χ3n) is 16.9. The second-order valence-electron chi connectivity index (χ2n) is 21.6. The van der Waals surface area contributed by atoms with E-state index in [0.29, 0.717) is 0 Å². The first-order chi connectivity index (χ1) is 39.2. The molecule has 1 fully saturated rings. The molecule has 0 bridgehead atoms. The molecule has 4 heteroatoms. The van der Waals surface area contributed by atoms with Gasteiger partial charge in [0.15, 0.2) is 0 Å². The van der Waals surface area contributed by atoms with E-state index < -0.39 is 24.0 Å². The van der Waals surface area contributed by atoms with Gasteiger partial charge in [0.05, 0.1) is 23.6 Å². The summed E-state index contributed by atoms with van der Waals surface area (Å²) in [5, 5.41) is 29.3. The Balaban J connectivity index is 0.864. The van der Waals surface area contributed by atoms with Gasteiger partial charge in [0.1, 0.15) is 0 Å². The van der Waals surface area contributed by atoms with Gasteiger partial charge in [0, 0.05) is 45.4 Å². The van der Waals surface area contributed by atoms with Gasteiger partial charge in [-0.05, 0) is 177 Å². The van der Waals surface area contributed by atoms with Crippen molar-refractivity contribution in [1.82, 2.24) is 0 Å². The number of aliphatic hydroxyl groups is 2. The van der Waals surface area contributed by atoms with Crippen molar-refractivity contribution in [3.63, 3.8) is 0 Å². The van der Waals surface area contributed by atoms with E-state index in [4.69, 9.17) is 0 Å². The smallest absolute Gasteiger partial charge is 0.0727 e. The standard InChI is InChI=1S/C76H62N2O2/c1-49-17-5-9-21-61(49)53-29-37-57(38-30-53)77(58-39-31-54(32-40-58)62-22-10-6-18-50(62)2)71-47-45-69(65-25-13-15-27-67(65)71)73-75(79)74(76(73)80)70-46-48-72(68-28-16-14-26-66(68)70)78(59-41-33-55(34-42-59)63-23-11-7-19-51(63)3)60-43-35-56(36-44-60)64-24-12-8-20-52(64)4/h5-48,73-76,79-80H,1-4H3. The van der Waals surface area contributed by atoms with Crippen LogP contribution in [0.5, 0.6) is 0 Å². The molecule has 12 aromatic rings. The van der Waals surface area contributed by atoms with Crippen molar-refractivity contribution in [3.05, 3.63) is 300 Å². The zero-order valence-electron chi connectivity index (χ0n) is 45.5. The Labute approximate surface area is 469 Å². The highest BCUT2D eigenvalue weighted by molar-refractivity contribution is 6.03. The van der Waals surface area contributed by atoms with E-state index >= 15 is 0 Å². The first-order valence-corrected chi connectivity index (χ1v) is 27.8. The molecule has 0 atom stereocenters. The lowest BCUT2D eigenvalue weighted by atomic mass is 9.62. The summed E-state index contributed by atoms with van der Waals surface area (Å²) in [6.45, 7) is 8.63. The van der Waals surface area contributed by atoms with Gasteiger partial charge in [-0.15, -0.1) is 0 Å². The highest BCUT2D eigenvalue weighted by Gasteiger charge is 2.51. The molecule has 1 saturated carbocycles. The Morgan fingerprint density at radius 3 is 0.750 bits per heavy atom. The average Bonchev–Trinajstić information content (AvgIpc) is 3.59. The molecule has 4 nitrogen and oxygen atoms in total. The lowest BCUT2D eigenvalue weighted by molar-refractivity contribution is -0.0775. The fourth-order valence-corrected chi connectivity index (χ4v) is 12.6. The monoisotopic (exact) mass is 1030 g/mol. The minimum atomic E-state index is -0.841. The number of hydrogen-bond acceptors (Lipinski definition) is 4. The van der Waals surface area contributed by atoms with Crippen molar-refractivity contribution in [1.29, 1.82) is 0 Å².